The highest BCUT2D eigenvalue weighted by Gasteiger charge is 2.59. The third-order valence-corrected chi connectivity index (χ3v) is 5.49. The van der Waals surface area contributed by atoms with E-state index in [4.69, 9.17) is 4.74 Å². The van der Waals surface area contributed by atoms with Crippen molar-refractivity contribution in [2.24, 2.45) is 16.7 Å². The van der Waals surface area contributed by atoms with Crippen molar-refractivity contribution in [2.75, 3.05) is 0 Å². The van der Waals surface area contributed by atoms with Gasteiger partial charge in [0.25, 0.3) is 0 Å². The van der Waals surface area contributed by atoms with Crippen LogP contribution in [0.5, 0.6) is 5.75 Å². The molecule has 2 aliphatic carbocycles. The largest absolute Gasteiger partial charge is 0.412 e. The molecule has 1 aromatic rings. The Morgan fingerprint density at radius 3 is 2.55 bits per heavy atom. The molecule has 0 radical (unpaired) electrons. The van der Waals surface area contributed by atoms with Gasteiger partial charge in [-0.2, -0.15) is 0 Å². The summed E-state index contributed by atoms with van der Waals surface area (Å²) < 4.78 is 5.37. The summed E-state index contributed by atoms with van der Waals surface area (Å²) in [5.41, 5.74) is 0.382. The molecule has 3 unspecified atom stereocenters. The molecular formula is C17H23NO2. The Hall–Kier alpha value is -1.51. The highest BCUT2D eigenvalue weighted by molar-refractivity contribution is 5.71. The van der Waals surface area contributed by atoms with Crippen LogP contribution in [0, 0.1) is 16.7 Å². The smallest absolute Gasteiger partial charge is 0.410 e. The molecule has 108 valence electrons. The van der Waals surface area contributed by atoms with Crippen molar-refractivity contribution in [1.29, 1.82) is 0 Å². The van der Waals surface area contributed by atoms with E-state index < -0.39 is 0 Å². The third kappa shape index (κ3) is 2.09. The monoisotopic (exact) mass is 273 g/mol. The first-order valence-corrected chi connectivity index (χ1v) is 7.45. The lowest BCUT2D eigenvalue weighted by Crippen LogP contribution is -2.53. The normalized spacial score (nSPS) is 34.0. The average molecular weight is 273 g/mol. The van der Waals surface area contributed by atoms with Gasteiger partial charge in [0.15, 0.2) is 0 Å². The van der Waals surface area contributed by atoms with Gasteiger partial charge in [-0.1, -0.05) is 39.0 Å². The number of carbonyl (C=O) groups excluding carboxylic acids is 1. The van der Waals surface area contributed by atoms with Crippen molar-refractivity contribution >= 4 is 6.09 Å². The maximum atomic E-state index is 12.1. The Morgan fingerprint density at radius 1 is 1.25 bits per heavy atom. The molecule has 1 amide bonds. The standard InChI is InChI=1S/C17H23NO2/c1-16(2)12-9-10-17(3,11-12)14(16)18-15(19)20-13-7-5-4-6-8-13/h4-8,12,14H,9-11H2,1-3H3,(H,18,19). The quantitative estimate of drug-likeness (QED) is 0.884. The van der Waals surface area contributed by atoms with Crippen LogP contribution >= 0.6 is 0 Å². The number of amides is 1. The lowest BCUT2D eigenvalue weighted by atomic mass is 9.68. The van der Waals surface area contributed by atoms with E-state index in [9.17, 15) is 4.79 Å². The summed E-state index contributed by atoms with van der Waals surface area (Å²) in [7, 11) is 0. The predicted molar refractivity (Wildman–Crippen MR) is 78.6 cm³/mol. The van der Waals surface area contributed by atoms with Gasteiger partial charge in [-0.25, -0.2) is 4.79 Å². The molecule has 3 heteroatoms. The molecule has 20 heavy (non-hydrogen) atoms. The minimum Gasteiger partial charge on any atom is -0.410 e. The van der Waals surface area contributed by atoms with E-state index in [0.717, 1.165) is 5.92 Å². The van der Waals surface area contributed by atoms with E-state index >= 15 is 0 Å². The van der Waals surface area contributed by atoms with Gasteiger partial charge in [0, 0.05) is 6.04 Å². The zero-order chi connectivity index (χ0) is 14.4. The van der Waals surface area contributed by atoms with E-state index in [1.54, 1.807) is 12.1 Å². The fourth-order valence-electron chi connectivity index (χ4n) is 4.41. The van der Waals surface area contributed by atoms with Gasteiger partial charge in [-0.15, -0.1) is 0 Å². The topological polar surface area (TPSA) is 38.3 Å². The number of nitrogens with one attached hydrogen (secondary N) is 1. The summed E-state index contributed by atoms with van der Waals surface area (Å²) in [6.45, 7) is 6.85. The summed E-state index contributed by atoms with van der Waals surface area (Å²) in [6.07, 6.45) is 3.38. The number of hydrogen-bond donors (Lipinski definition) is 1. The number of ether oxygens (including phenoxy) is 1. The predicted octanol–water partition coefficient (Wildman–Crippen LogP) is 3.99. The van der Waals surface area contributed by atoms with Gasteiger partial charge < -0.3 is 10.1 Å². The Labute approximate surface area is 120 Å². The first kappa shape index (κ1) is 13.5. The molecule has 2 fully saturated rings. The maximum absolute atomic E-state index is 12.1. The number of benzene rings is 1. The summed E-state index contributed by atoms with van der Waals surface area (Å²) in [4.78, 5) is 12.1. The first-order chi connectivity index (χ1) is 9.42. The van der Waals surface area contributed by atoms with E-state index in [0.29, 0.717) is 5.75 Å². The van der Waals surface area contributed by atoms with E-state index in [2.05, 4.69) is 26.1 Å². The summed E-state index contributed by atoms with van der Waals surface area (Å²) in [6, 6.07) is 9.44. The molecule has 3 nitrogen and oxygen atoms in total. The molecule has 1 aromatic carbocycles. The molecule has 2 bridgehead atoms. The molecule has 3 rings (SSSR count). The molecule has 0 aromatic heterocycles. The van der Waals surface area contributed by atoms with Gasteiger partial charge >= 0.3 is 6.09 Å². The Bertz CT molecular complexity index is 506. The van der Waals surface area contributed by atoms with Crippen LogP contribution in [0.2, 0.25) is 0 Å². The number of hydrogen-bond acceptors (Lipinski definition) is 2. The van der Waals surface area contributed by atoms with E-state index in [1.165, 1.54) is 19.3 Å². The molecule has 0 saturated heterocycles. The molecule has 3 atom stereocenters. The van der Waals surface area contributed by atoms with Crippen molar-refractivity contribution in [1.82, 2.24) is 5.32 Å². The fourth-order valence-corrected chi connectivity index (χ4v) is 4.41. The SMILES string of the molecule is CC12CCC(C1)C(C)(C)C2NC(=O)Oc1ccccc1. The van der Waals surface area contributed by atoms with E-state index in [-0.39, 0.29) is 23.0 Å². The van der Waals surface area contributed by atoms with Crippen LogP contribution in [0.15, 0.2) is 30.3 Å². The lowest BCUT2D eigenvalue weighted by Gasteiger charge is -2.42. The number of para-hydroxylation sites is 1. The summed E-state index contributed by atoms with van der Waals surface area (Å²) >= 11 is 0. The molecular weight excluding hydrogens is 250 g/mol. The van der Waals surface area contributed by atoms with Crippen molar-refractivity contribution < 1.29 is 9.53 Å². The van der Waals surface area contributed by atoms with Gasteiger partial charge in [-0.3, -0.25) is 0 Å². The molecule has 2 saturated carbocycles. The average Bonchev–Trinajstić information content (AvgIpc) is 2.87. The molecule has 0 aliphatic heterocycles. The van der Waals surface area contributed by atoms with Crippen LogP contribution in [-0.4, -0.2) is 12.1 Å². The highest BCUT2D eigenvalue weighted by atomic mass is 16.6. The van der Waals surface area contributed by atoms with Crippen LogP contribution in [0.25, 0.3) is 0 Å². The summed E-state index contributed by atoms with van der Waals surface area (Å²) in [5.74, 6) is 1.31. The molecule has 1 N–H and O–H groups in total. The number of fused-ring (bicyclic) bond motifs is 2. The van der Waals surface area contributed by atoms with Crippen LogP contribution < -0.4 is 10.1 Å². The highest BCUT2D eigenvalue weighted by Crippen LogP contribution is 2.62. The Kier molecular flexibility index (Phi) is 3.03. The molecule has 2 aliphatic rings. The van der Waals surface area contributed by atoms with E-state index in [1.807, 2.05) is 18.2 Å². The van der Waals surface area contributed by atoms with Crippen LogP contribution in [0.4, 0.5) is 4.79 Å². The third-order valence-electron chi connectivity index (χ3n) is 5.49. The first-order valence-electron chi connectivity index (χ1n) is 7.45. The Balaban J connectivity index is 1.70. The number of carbonyl (C=O) groups is 1. The van der Waals surface area contributed by atoms with Gasteiger partial charge in [0.05, 0.1) is 0 Å². The maximum Gasteiger partial charge on any atom is 0.412 e. The second-order valence-corrected chi connectivity index (χ2v) is 7.20. The van der Waals surface area contributed by atoms with Crippen LogP contribution in [0.3, 0.4) is 0 Å². The van der Waals surface area contributed by atoms with Gasteiger partial charge in [0.1, 0.15) is 5.75 Å². The second kappa shape index (κ2) is 4.51. The van der Waals surface area contributed by atoms with Gasteiger partial charge in [0.2, 0.25) is 0 Å². The van der Waals surface area contributed by atoms with Gasteiger partial charge in [-0.05, 0) is 48.1 Å². The summed E-state index contributed by atoms with van der Waals surface area (Å²) in [5, 5.41) is 3.13. The van der Waals surface area contributed by atoms with Crippen molar-refractivity contribution in [3.8, 4) is 5.75 Å². The fraction of sp³-hybridized carbons (Fsp3) is 0.588. The molecule has 0 spiro atoms. The van der Waals surface area contributed by atoms with Crippen LogP contribution in [0.1, 0.15) is 40.0 Å². The zero-order valence-electron chi connectivity index (χ0n) is 12.5. The Morgan fingerprint density at radius 2 is 1.95 bits per heavy atom. The lowest BCUT2D eigenvalue weighted by molar-refractivity contribution is 0.104. The second-order valence-electron chi connectivity index (χ2n) is 7.20. The van der Waals surface area contributed by atoms with Crippen molar-refractivity contribution in [3.63, 3.8) is 0 Å². The minimum absolute atomic E-state index is 0.155. The molecule has 0 heterocycles. The van der Waals surface area contributed by atoms with Crippen LogP contribution in [-0.2, 0) is 0 Å². The minimum atomic E-state index is -0.331. The zero-order valence-corrected chi connectivity index (χ0v) is 12.5. The number of rotatable bonds is 2. The van der Waals surface area contributed by atoms with Crippen molar-refractivity contribution in [3.05, 3.63) is 30.3 Å². The van der Waals surface area contributed by atoms with Crippen molar-refractivity contribution in [2.45, 2.75) is 46.1 Å².